The van der Waals surface area contributed by atoms with Gasteiger partial charge in [-0.3, -0.25) is 4.79 Å². The molecule has 2 rings (SSSR count). The third-order valence-corrected chi connectivity index (χ3v) is 3.88. The summed E-state index contributed by atoms with van der Waals surface area (Å²) in [7, 11) is 0. The second-order valence-electron chi connectivity index (χ2n) is 5.41. The van der Waals surface area contributed by atoms with E-state index in [0.717, 1.165) is 18.7 Å². The quantitative estimate of drug-likeness (QED) is 0.890. The molecular formula is C14H22N2O2. The summed E-state index contributed by atoms with van der Waals surface area (Å²) in [4.78, 5) is 14.4. The summed E-state index contributed by atoms with van der Waals surface area (Å²) < 4.78 is 1.99. The molecule has 0 radical (unpaired) electrons. The fourth-order valence-electron chi connectivity index (χ4n) is 2.71. The van der Waals surface area contributed by atoms with E-state index in [4.69, 9.17) is 0 Å². The number of carbonyl (C=O) groups is 1. The minimum atomic E-state index is -0.0342. The molecule has 18 heavy (non-hydrogen) atoms. The van der Waals surface area contributed by atoms with Crippen molar-refractivity contribution in [2.45, 2.75) is 39.3 Å². The first kappa shape index (κ1) is 13.1. The lowest BCUT2D eigenvalue weighted by Gasteiger charge is -2.26. The van der Waals surface area contributed by atoms with Gasteiger partial charge in [0, 0.05) is 18.8 Å². The van der Waals surface area contributed by atoms with Gasteiger partial charge in [0.1, 0.15) is 5.69 Å². The summed E-state index contributed by atoms with van der Waals surface area (Å²) in [5, 5.41) is 9.43. The summed E-state index contributed by atoms with van der Waals surface area (Å²) in [6.45, 7) is 7.01. The van der Waals surface area contributed by atoms with Crippen molar-refractivity contribution in [2.24, 2.45) is 5.92 Å². The Morgan fingerprint density at radius 3 is 2.89 bits per heavy atom. The van der Waals surface area contributed by atoms with Gasteiger partial charge in [0.15, 0.2) is 0 Å². The highest BCUT2D eigenvalue weighted by Crippen LogP contribution is 2.26. The number of hydrogen-bond acceptors (Lipinski definition) is 2. The van der Waals surface area contributed by atoms with Crippen molar-refractivity contribution in [3.05, 3.63) is 24.0 Å². The number of hydrogen-bond donors (Lipinski definition) is 1. The summed E-state index contributed by atoms with van der Waals surface area (Å²) in [6.07, 6.45) is 2.91. The normalized spacial score (nSPS) is 23.9. The topological polar surface area (TPSA) is 45.5 Å². The van der Waals surface area contributed by atoms with Gasteiger partial charge in [-0.1, -0.05) is 6.92 Å². The Labute approximate surface area is 108 Å². The Kier molecular flexibility index (Phi) is 3.76. The number of aliphatic hydroxyl groups is 1. The van der Waals surface area contributed by atoms with Crippen molar-refractivity contribution in [1.29, 1.82) is 0 Å². The maximum atomic E-state index is 12.5. The smallest absolute Gasteiger partial charge is 0.270 e. The zero-order chi connectivity index (χ0) is 13.3. The lowest BCUT2D eigenvalue weighted by molar-refractivity contribution is 0.0636. The maximum Gasteiger partial charge on any atom is 0.270 e. The van der Waals surface area contributed by atoms with Crippen LogP contribution in [0.3, 0.4) is 0 Å². The highest BCUT2D eigenvalue weighted by atomic mass is 16.3. The molecule has 2 unspecified atom stereocenters. The molecule has 2 heterocycles. The number of nitrogens with zero attached hydrogens (tertiary/aromatic N) is 2. The van der Waals surface area contributed by atoms with E-state index in [9.17, 15) is 9.90 Å². The van der Waals surface area contributed by atoms with Gasteiger partial charge in [-0.15, -0.1) is 0 Å². The van der Waals surface area contributed by atoms with Gasteiger partial charge in [0.25, 0.3) is 5.91 Å². The Bertz CT molecular complexity index is 425. The molecule has 0 aromatic carbocycles. The standard InChI is InChI=1S/C14H22N2O2/c1-10(2)15-7-4-5-12(15)14(18)16-8-6-11(3)13(16)9-17/h4-5,7,10-11,13,17H,6,8-9H2,1-3H3. The molecule has 0 saturated carbocycles. The minimum absolute atomic E-state index is 0.0342. The average Bonchev–Trinajstić information content (AvgIpc) is 2.93. The SMILES string of the molecule is CC1CCN(C(=O)c2cccn2C(C)C)C1CO. The lowest BCUT2D eigenvalue weighted by Crippen LogP contribution is -2.40. The van der Waals surface area contributed by atoms with Gasteiger partial charge in [-0.25, -0.2) is 0 Å². The van der Waals surface area contributed by atoms with Gasteiger partial charge in [-0.05, 0) is 38.3 Å². The van der Waals surface area contributed by atoms with Gasteiger partial charge >= 0.3 is 0 Å². The molecule has 1 N–H and O–H groups in total. The zero-order valence-corrected chi connectivity index (χ0v) is 11.3. The van der Waals surface area contributed by atoms with Crippen molar-refractivity contribution < 1.29 is 9.90 Å². The molecule has 2 atom stereocenters. The Morgan fingerprint density at radius 1 is 1.56 bits per heavy atom. The zero-order valence-electron chi connectivity index (χ0n) is 11.3. The molecule has 1 amide bonds. The first-order valence-corrected chi connectivity index (χ1v) is 6.65. The fourth-order valence-corrected chi connectivity index (χ4v) is 2.71. The third-order valence-electron chi connectivity index (χ3n) is 3.88. The molecule has 100 valence electrons. The maximum absolute atomic E-state index is 12.5. The Hall–Kier alpha value is -1.29. The van der Waals surface area contributed by atoms with Crippen LogP contribution in [0.1, 0.15) is 43.7 Å². The minimum Gasteiger partial charge on any atom is -0.394 e. The van der Waals surface area contributed by atoms with E-state index in [1.54, 1.807) is 0 Å². The van der Waals surface area contributed by atoms with Gasteiger partial charge in [-0.2, -0.15) is 0 Å². The molecule has 1 aromatic rings. The second kappa shape index (κ2) is 5.14. The molecule has 4 nitrogen and oxygen atoms in total. The van der Waals surface area contributed by atoms with E-state index in [0.29, 0.717) is 5.92 Å². The molecule has 1 aliphatic rings. The Balaban J connectivity index is 2.23. The summed E-state index contributed by atoms with van der Waals surface area (Å²) >= 11 is 0. The van der Waals surface area contributed by atoms with Crippen LogP contribution in [0.25, 0.3) is 0 Å². The number of rotatable bonds is 3. The molecule has 4 heteroatoms. The van der Waals surface area contributed by atoms with Crippen LogP contribution in [0.4, 0.5) is 0 Å². The lowest BCUT2D eigenvalue weighted by atomic mass is 10.0. The first-order chi connectivity index (χ1) is 8.56. The summed E-state index contributed by atoms with van der Waals surface area (Å²) in [5.41, 5.74) is 0.720. The molecule has 1 aromatic heterocycles. The van der Waals surface area contributed by atoms with Crippen LogP contribution >= 0.6 is 0 Å². The fraction of sp³-hybridized carbons (Fsp3) is 0.643. The van der Waals surface area contributed by atoms with Crippen molar-refractivity contribution in [3.63, 3.8) is 0 Å². The number of aliphatic hydroxyl groups excluding tert-OH is 1. The average molecular weight is 250 g/mol. The Morgan fingerprint density at radius 2 is 2.28 bits per heavy atom. The molecule has 0 aliphatic carbocycles. The molecule has 1 aliphatic heterocycles. The number of amides is 1. The van der Waals surface area contributed by atoms with Crippen molar-refractivity contribution >= 4 is 5.91 Å². The monoisotopic (exact) mass is 250 g/mol. The van der Waals surface area contributed by atoms with E-state index >= 15 is 0 Å². The largest absolute Gasteiger partial charge is 0.394 e. The molecular weight excluding hydrogens is 228 g/mol. The molecule has 1 fully saturated rings. The van der Waals surface area contributed by atoms with Gasteiger partial charge < -0.3 is 14.6 Å². The molecule has 1 saturated heterocycles. The van der Waals surface area contributed by atoms with Crippen LogP contribution in [0, 0.1) is 5.92 Å². The van der Waals surface area contributed by atoms with Gasteiger partial charge in [0.05, 0.1) is 12.6 Å². The third kappa shape index (κ3) is 2.17. The van der Waals surface area contributed by atoms with E-state index in [1.165, 1.54) is 0 Å². The van der Waals surface area contributed by atoms with E-state index < -0.39 is 0 Å². The van der Waals surface area contributed by atoms with E-state index in [-0.39, 0.29) is 24.6 Å². The van der Waals surface area contributed by atoms with Crippen molar-refractivity contribution in [1.82, 2.24) is 9.47 Å². The highest BCUT2D eigenvalue weighted by molar-refractivity contribution is 5.93. The molecule has 0 bridgehead atoms. The van der Waals surface area contributed by atoms with Crippen LogP contribution in [-0.4, -0.2) is 39.7 Å². The number of carbonyl (C=O) groups excluding carboxylic acids is 1. The van der Waals surface area contributed by atoms with Crippen LogP contribution in [-0.2, 0) is 0 Å². The van der Waals surface area contributed by atoms with Crippen molar-refractivity contribution in [3.8, 4) is 0 Å². The van der Waals surface area contributed by atoms with Crippen molar-refractivity contribution in [2.75, 3.05) is 13.2 Å². The van der Waals surface area contributed by atoms with Crippen LogP contribution in [0.15, 0.2) is 18.3 Å². The number of aromatic nitrogens is 1. The van der Waals surface area contributed by atoms with E-state index in [1.807, 2.05) is 27.8 Å². The van der Waals surface area contributed by atoms with Gasteiger partial charge in [0.2, 0.25) is 0 Å². The van der Waals surface area contributed by atoms with Crippen LogP contribution in [0.5, 0.6) is 0 Å². The van der Waals surface area contributed by atoms with Crippen LogP contribution < -0.4 is 0 Å². The van der Waals surface area contributed by atoms with Crippen LogP contribution in [0.2, 0.25) is 0 Å². The second-order valence-corrected chi connectivity index (χ2v) is 5.41. The molecule has 0 spiro atoms. The predicted octanol–water partition coefficient (Wildman–Crippen LogP) is 1.91. The summed E-state index contributed by atoms with van der Waals surface area (Å²) in [6, 6.07) is 4.00. The van der Waals surface area contributed by atoms with E-state index in [2.05, 4.69) is 20.8 Å². The first-order valence-electron chi connectivity index (χ1n) is 6.65. The number of likely N-dealkylation sites (tertiary alicyclic amines) is 1. The highest BCUT2D eigenvalue weighted by Gasteiger charge is 2.35. The predicted molar refractivity (Wildman–Crippen MR) is 70.5 cm³/mol. The summed E-state index contributed by atoms with van der Waals surface area (Å²) in [5.74, 6) is 0.415.